The minimum atomic E-state index is -0.996. The number of alkyl halides is 1. The Morgan fingerprint density at radius 1 is 1.19 bits per heavy atom. The van der Waals surface area contributed by atoms with E-state index in [0.717, 1.165) is 0 Å². The van der Waals surface area contributed by atoms with E-state index in [-0.39, 0.29) is 19.1 Å². The molecule has 0 saturated heterocycles. The number of halogens is 1. The van der Waals surface area contributed by atoms with Gasteiger partial charge in [0.1, 0.15) is 18.5 Å². The topological polar surface area (TPSA) is 69.9 Å². The first kappa shape index (κ1) is 13.3. The zero-order chi connectivity index (χ0) is 12.0. The van der Waals surface area contributed by atoms with Crippen molar-refractivity contribution in [2.75, 3.05) is 19.1 Å². The zero-order valence-electron chi connectivity index (χ0n) is 8.71. The monoisotopic (exact) mass is 246 g/mol. The average molecular weight is 247 g/mol. The highest BCUT2D eigenvalue weighted by atomic mass is 35.5. The number of aliphatic hydroxyl groups excluding tert-OH is 3. The van der Waals surface area contributed by atoms with Crippen molar-refractivity contribution >= 4 is 11.6 Å². The summed E-state index contributed by atoms with van der Waals surface area (Å²) in [6.07, 6.45) is -1.98. The van der Waals surface area contributed by atoms with Gasteiger partial charge in [0, 0.05) is 0 Å². The molecule has 0 heterocycles. The summed E-state index contributed by atoms with van der Waals surface area (Å²) in [5.41, 5.74) is 0.574. The van der Waals surface area contributed by atoms with Crippen LogP contribution in [0.2, 0.25) is 0 Å². The van der Waals surface area contributed by atoms with Crippen LogP contribution >= 0.6 is 11.6 Å². The third-order valence-electron chi connectivity index (χ3n) is 2.10. The largest absolute Gasteiger partial charge is 0.491 e. The molecule has 0 aromatic heterocycles. The van der Waals surface area contributed by atoms with Crippen molar-refractivity contribution in [3.63, 3.8) is 0 Å². The molecule has 0 fully saturated rings. The molecule has 2 unspecified atom stereocenters. The Bertz CT molecular complexity index is 301. The molecule has 0 aliphatic heterocycles. The maximum absolute atomic E-state index is 9.64. The molecule has 2 atom stereocenters. The van der Waals surface area contributed by atoms with Crippen LogP contribution in [0.5, 0.6) is 5.75 Å². The maximum atomic E-state index is 9.64. The number of benzene rings is 1. The van der Waals surface area contributed by atoms with Gasteiger partial charge in [-0.2, -0.15) is 0 Å². The Morgan fingerprint density at radius 3 is 2.31 bits per heavy atom. The number of rotatable bonds is 6. The molecule has 0 spiro atoms. The summed E-state index contributed by atoms with van der Waals surface area (Å²) in [6.45, 7) is 0.182. The van der Waals surface area contributed by atoms with Crippen molar-refractivity contribution in [1.82, 2.24) is 0 Å². The molecular weight excluding hydrogens is 232 g/mol. The van der Waals surface area contributed by atoms with Crippen LogP contribution in [0.1, 0.15) is 11.7 Å². The van der Waals surface area contributed by atoms with Gasteiger partial charge in [-0.25, -0.2) is 0 Å². The van der Waals surface area contributed by atoms with E-state index < -0.39 is 12.2 Å². The average Bonchev–Trinajstić information content (AvgIpc) is 2.35. The molecule has 1 aromatic carbocycles. The molecule has 0 aliphatic carbocycles. The maximum Gasteiger partial charge on any atom is 0.119 e. The van der Waals surface area contributed by atoms with Crippen LogP contribution in [0.15, 0.2) is 24.3 Å². The molecule has 90 valence electrons. The molecule has 0 saturated carbocycles. The summed E-state index contributed by atoms with van der Waals surface area (Å²) in [7, 11) is 0. The van der Waals surface area contributed by atoms with Gasteiger partial charge in [0.05, 0.1) is 18.6 Å². The SMILES string of the molecule is OCCOc1ccc(C(O)C(O)CCl)cc1. The van der Waals surface area contributed by atoms with Crippen LogP contribution in [0.4, 0.5) is 0 Å². The lowest BCUT2D eigenvalue weighted by Gasteiger charge is -2.16. The van der Waals surface area contributed by atoms with Gasteiger partial charge in [-0.1, -0.05) is 12.1 Å². The van der Waals surface area contributed by atoms with Crippen molar-refractivity contribution in [3.8, 4) is 5.75 Å². The third-order valence-corrected chi connectivity index (χ3v) is 2.42. The van der Waals surface area contributed by atoms with Crippen LogP contribution < -0.4 is 4.74 Å². The first-order valence-corrected chi connectivity index (χ1v) is 5.48. The minimum absolute atomic E-state index is 0.0239. The summed E-state index contributed by atoms with van der Waals surface area (Å²) >= 11 is 5.43. The van der Waals surface area contributed by atoms with Crippen molar-refractivity contribution in [2.24, 2.45) is 0 Å². The van der Waals surface area contributed by atoms with Gasteiger partial charge in [0.2, 0.25) is 0 Å². The second kappa shape index (κ2) is 6.70. The summed E-state index contributed by atoms with van der Waals surface area (Å²) < 4.78 is 5.16. The van der Waals surface area contributed by atoms with Crippen LogP contribution in [-0.4, -0.2) is 40.5 Å². The van der Waals surface area contributed by atoms with E-state index in [9.17, 15) is 10.2 Å². The lowest BCUT2D eigenvalue weighted by Crippen LogP contribution is -2.19. The van der Waals surface area contributed by atoms with Crippen LogP contribution in [0.25, 0.3) is 0 Å². The van der Waals surface area contributed by atoms with E-state index in [1.807, 2.05) is 0 Å². The fraction of sp³-hybridized carbons (Fsp3) is 0.455. The van der Waals surface area contributed by atoms with Crippen molar-refractivity contribution < 1.29 is 20.1 Å². The van der Waals surface area contributed by atoms with Crippen LogP contribution in [-0.2, 0) is 0 Å². The molecular formula is C11H15ClO4. The van der Waals surface area contributed by atoms with Crippen molar-refractivity contribution in [1.29, 1.82) is 0 Å². The first-order chi connectivity index (χ1) is 7.69. The van der Waals surface area contributed by atoms with E-state index in [2.05, 4.69) is 0 Å². The number of hydrogen-bond donors (Lipinski definition) is 3. The van der Waals surface area contributed by atoms with Gasteiger partial charge < -0.3 is 20.1 Å². The van der Waals surface area contributed by atoms with E-state index in [4.69, 9.17) is 21.4 Å². The molecule has 1 rings (SSSR count). The first-order valence-electron chi connectivity index (χ1n) is 4.94. The molecule has 0 radical (unpaired) electrons. The van der Waals surface area contributed by atoms with Gasteiger partial charge in [-0.3, -0.25) is 0 Å². The summed E-state index contributed by atoms with van der Waals surface area (Å²) in [5, 5.41) is 27.5. The molecule has 5 heteroatoms. The predicted molar refractivity (Wildman–Crippen MR) is 60.7 cm³/mol. The minimum Gasteiger partial charge on any atom is -0.491 e. The Kier molecular flexibility index (Phi) is 5.55. The van der Waals surface area contributed by atoms with Gasteiger partial charge >= 0.3 is 0 Å². The zero-order valence-corrected chi connectivity index (χ0v) is 9.47. The van der Waals surface area contributed by atoms with E-state index in [0.29, 0.717) is 11.3 Å². The molecule has 0 aliphatic rings. The van der Waals surface area contributed by atoms with E-state index in [1.54, 1.807) is 24.3 Å². The van der Waals surface area contributed by atoms with E-state index >= 15 is 0 Å². The predicted octanol–water partition coefficient (Wildman–Crippen LogP) is 0.691. The van der Waals surface area contributed by atoms with Crippen molar-refractivity contribution in [2.45, 2.75) is 12.2 Å². The van der Waals surface area contributed by atoms with Gasteiger partial charge in [0.25, 0.3) is 0 Å². The standard InChI is InChI=1S/C11H15ClO4/c12-7-10(14)11(15)8-1-3-9(4-2-8)16-6-5-13/h1-4,10-11,13-15H,5-7H2. The smallest absolute Gasteiger partial charge is 0.119 e. The number of ether oxygens (including phenoxy) is 1. The van der Waals surface area contributed by atoms with E-state index in [1.165, 1.54) is 0 Å². The third kappa shape index (κ3) is 3.64. The molecule has 16 heavy (non-hydrogen) atoms. The lowest BCUT2D eigenvalue weighted by molar-refractivity contribution is 0.0327. The molecule has 3 N–H and O–H groups in total. The Hall–Kier alpha value is -0.810. The molecule has 0 amide bonds. The number of aliphatic hydroxyl groups is 3. The van der Waals surface area contributed by atoms with Gasteiger partial charge in [0.15, 0.2) is 0 Å². The Morgan fingerprint density at radius 2 is 1.81 bits per heavy atom. The van der Waals surface area contributed by atoms with Crippen molar-refractivity contribution in [3.05, 3.63) is 29.8 Å². The molecule has 1 aromatic rings. The fourth-order valence-electron chi connectivity index (χ4n) is 1.23. The van der Waals surface area contributed by atoms with Gasteiger partial charge in [-0.05, 0) is 17.7 Å². The second-order valence-electron chi connectivity index (χ2n) is 3.31. The molecule has 4 nitrogen and oxygen atoms in total. The van der Waals surface area contributed by atoms with Gasteiger partial charge in [-0.15, -0.1) is 11.6 Å². The summed E-state index contributed by atoms with van der Waals surface area (Å²) in [6, 6.07) is 6.62. The molecule has 0 bridgehead atoms. The van der Waals surface area contributed by atoms with Crippen LogP contribution in [0.3, 0.4) is 0 Å². The summed E-state index contributed by atoms with van der Waals surface area (Å²) in [5.74, 6) is 0.578. The lowest BCUT2D eigenvalue weighted by atomic mass is 10.1. The fourth-order valence-corrected chi connectivity index (χ4v) is 1.40. The highest BCUT2D eigenvalue weighted by molar-refractivity contribution is 6.18. The summed E-state index contributed by atoms with van der Waals surface area (Å²) in [4.78, 5) is 0. The highest BCUT2D eigenvalue weighted by Crippen LogP contribution is 2.20. The Balaban J connectivity index is 2.63. The van der Waals surface area contributed by atoms with Crippen LogP contribution in [0, 0.1) is 0 Å². The Labute approximate surface area is 99.1 Å². The highest BCUT2D eigenvalue weighted by Gasteiger charge is 2.16. The number of hydrogen-bond acceptors (Lipinski definition) is 4. The quantitative estimate of drug-likeness (QED) is 0.646. The normalized spacial score (nSPS) is 14.5. The second-order valence-corrected chi connectivity index (χ2v) is 3.62.